The zero-order valence-electron chi connectivity index (χ0n) is 15.4. The smallest absolute Gasteiger partial charge is 0.0296 e. The maximum atomic E-state index is 3.79. The van der Waals surface area contributed by atoms with E-state index in [0.29, 0.717) is 11.5 Å². The lowest BCUT2D eigenvalue weighted by molar-refractivity contribution is 0.227. The minimum absolute atomic E-state index is 0.147. The normalized spacial score (nSPS) is 14.5. The highest BCUT2D eigenvalue weighted by atomic mass is 15.0. The first-order chi connectivity index (χ1) is 9.48. The second-order valence-electron chi connectivity index (χ2n) is 8.83. The summed E-state index contributed by atoms with van der Waals surface area (Å²) in [6, 6.07) is 9.51. The quantitative estimate of drug-likeness (QED) is 0.703. The molecular weight excluding hydrogens is 254 g/mol. The van der Waals surface area contributed by atoms with Crippen LogP contribution in [0, 0.1) is 11.3 Å². The summed E-state index contributed by atoms with van der Waals surface area (Å²) in [6.07, 6.45) is 2.33. The number of hydrogen-bond acceptors (Lipinski definition) is 1. The summed E-state index contributed by atoms with van der Waals surface area (Å²) in [6.45, 7) is 18.3. The molecule has 0 bridgehead atoms. The molecule has 0 radical (unpaired) electrons. The highest BCUT2D eigenvalue weighted by Crippen LogP contribution is 2.29. The second-order valence-corrected chi connectivity index (χ2v) is 8.83. The molecular formula is C20H35N. The lowest BCUT2D eigenvalue weighted by Gasteiger charge is -2.36. The predicted octanol–water partition coefficient (Wildman–Crippen LogP) is 5.75. The van der Waals surface area contributed by atoms with Crippen molar-refractivity contribution >= 4 is 0 Å². The van der Waals surface area contributed by atoms with Gasteiger partial charge in [0.05, 0.1) is 0 Å². The fourth-order valence-electron chi connectivity index (χ4n) is 3.46. The summed E-state index contributed by atoms with van der Waals surface area (Å²) in [4.78, 5) is 0. The van der Waals surface area contributed by atoms with Crippen molar-refractivity contribution in [2.45, 2.75) is 79.8 Å². The van der Waals surface area contributed by atoms with Crippen molar-refractivity contribution in [3.63, 3.8) is 0 Å². The second kappa shape index (κ2) is 6.96. The third-order valence-electron chi connectivity index (χ3n) is 3.70. The van der Waals surface area contributed by atoms with Crippen molar-refractivity contribution in [1.82, 2.24) is 5.32 Å². The zero-order valence-corrected chi connectivity index (χ0v) is 15.4. The van der Waals surface area contributed by atoms with E-state index in [9.17, 15) is 0 Å². The highest BCUT2D eigenvalue weighted by Gasteiger charge is 2.26. The maximum absolute atomic E-state index is 3.79. The molecule has 0 heterocycles. The molecule has 0 amide bonds. The van der Waals surface area contributed by atoms with Crippen molar-refractivity contribution in [1.29, 1.82) is 0 Å². The average molecular weight is 290 g/mol. The first kappa shape index (κ1) is 18.2. The number of benzene rings is 1. The van der Waals surface area contributed by atoms with Gasteiger partial charge in [-0.05, 0) is 56.1 Å². The minimum atomic E-state index is 0.147. The first-order valence-electron chi connectivity index (χ1n) is 8.35. The Hall–Kier alpha value is -0.820. The standard InChI is InChI=1S/C20H35N/c1-15(2)13-17-9-11-18(12-10-17)16(3)21-20(7,8)14-19(4,5)6/h9-12,15-16,21H,13-14H2,1-8H3. The molecule has 1 aromatic rings. The van der Waals surface area contributed by atoms with Gasteiger partial charge in [0.25, 0.3) is 0 Å². The Labute approximate surface area is 132 Å². The van der Waals surface area contributed by atoms with E-state index in [1.165, 1.54) is 11.1 Å². The Balaban J connectivity index is 2.68. The molecule has 1 unspecified atom stereocenters. The van der Waals surface area contributed by atoms with Gasteiger partial charge in [-0.1, -0.05) is 58.9 Å². The Kier molecular flexibility index (Phi) is 6.04. The molecule has 1 aromatic carbocycles. The van der Waals surface area contributed by atoms with Gasteiger partial charge < -0.3 is 5.32 Å². The van der Waals surface area contributed by atoms with Crippen LogP contribution in [0.15, 0.2) is 24.3 Å². The molecule has 0 saturated heterocycles. The third kappa shape index (κ3) is 7.13. The van der Waals surface area contributed by atoms with E-state index in [-0.39, 0.29) is 5.54 Å². The van der Waals surface area contributed by atoms with Crippen LogP contribution < -0.4 is 5.32 Å². The third-order valence-corrected chi connectivity index (χ3v) is 3.70. The summed E-state index contributed by atoms with van der Waals surface area (Å²) in [5, 5.41) is 3.79. The van der Waals surface area contributed by atoms with Gasteiger partial charge in [-0.25, -0.2) is 0 Å². The van der Waals surface area contributed by atoms with E-state index in [1.54, 1.807) is 0 Å². The molecule has 0 aliphatic rings. The molecule has 1 rings (SSSR count). The Morgan fingerprint density at radius 3 is 1.86 bits per heavy atom. The summed E-state index contributed by atoms with van der Waals surface area (Å²) in [7, 11) is 0. The number of rotatable bonds is 6. The van der Waals surface area contributed by atoms with Gasteiger partial charge in [-0.15, -0.1) is 0 Å². The molecule has 0 saturated carbocycles. The van der Waals surface area contributed by atoms with Crippen LogP contribution in [0.2, 0.25) is 0 Å². The van der Waals surface area contributed by atoms with Crippen LogP contribution >= 0.6 is 0 Å². The molecule has 0 spiro atoms. The van der Waals surface area contributed by atoms with Crippen LogP contribution in [0.4, 0.5) is 0 Å². The molecule has 1 nitrogen and oxygen atoms in total. The molecule has 0 fully saturated rings. The molecule has 0 aromatic heterocycles. The monoisotopic (exact) mass is 289 g/mol. The van der Waals surface area contributed by atoms with Gasteiger partial charge in [0, 0.05) is 11.6 Å². The first-order valence-corrected chi connectivity index (χ1v) is 8.35. The van der Waals surface area contributed by atoms with E-state index in [1.807, 2.05) is 0 Å². The van der Waals surface area contributed by atoms with Crippen LogP contribution in [0.1, 0.15) is 79.0 Å². The van der Waals surface area contributed by atoms with E-state index in [0.717, 1.165) is 18.8 Å². The van der Waals surface area contributed by atoms with Gasteiger partial charge >= 0.3 is 0 Å². The lowest BCUT2D eigenvalue weighted by atomic mass is 9.81. The Bertz CT molecular complexity index is 420. The van der Waals surface area contributed by atoms with Gasteiger partial charge in [-0.3, -0.25) is 0 Å². The summed E-state index contributed by atoms with van der Waals surface area (Å²) < 4.78 is 0. The van der Waals surface area contributed by atoms with E-state index < -0.39 is 0 Å². The molecule has 0 aliphatic heterocycles. The topological polar surface area (TPSA) is 12.0 Å². The van der Waals surface area contributed by atoms with E-state index in [2.05, 4.69) is 85.0 Å². The van der Waals surface area contributed by atoms with Gasteiger partial charge in [0.2, 0.25) is 0 Å². The lowest BCUT2D eigenvalue weighted by Crippen LogP contribution is -2.43. The van der Waals surface area contributed by atoms with Crippen LogP contribution in [-0.4, -0.2) is 5.54 Å². The molecule has 120 valence electrons. The number of hydrogen-bond donors (Lipinski definition) is 1. The van der Waals surface area contributed by atoms with Crippen molar-refractivity contribution in [2.24, 2.45) is 11.3 Å². The molecule has 1 heteroatoms. The van der Waals surface area contributed by atoms with E-state index in [4.69, 9.17) is 0 Å². The Morgan fingerprint density at radius 1 is 0.905 bits per heavy atom. The van der Waals surface area contributed by atoms with E-state index >= 15 is 0 Å². The Morgan fingerprint density at radius 2 is 1.43 bits per heavy atom. The van der Waals surface area contributed by atoms with Gasteiger partial charge in [0.1, 0.15) is 0 Å². The van der Waals surface area contributed by atoms with Crippen LogP contribution in [-0.2, 0) is 6.42 Å². The van der Waals surface area contributed by atoms with Gasteiger partial charge in [0.15, 0.2) is 0 Å². The van der Waals surface area contributed by atoms with Crippen molar-refractivity contribution in [3.05, 3.63) is 35.4 Å². The zero-order chi connectivity index (χ0) is 16.3. The summed E-state index contributed by atoms with van der Waals surface area (Å²) in [5.74, 6) is 0.720. The SMILES string of the molecule is CC(C)Cc1ccc(C(C)NC(C)(C)CC(C)(C)C)cc1. The van der Waals surface area contributed by atoms with Gasteiger partial charge in [-0.2, -0.15) is 0 Å². The maximum Gasteiger partial charge on any atom is 0.0296 e. The molecule has 1 atom stereocenters. The van der Waals surface area contributed by atoms with Crippen molar-refractivity contribution in [2.75, 3.05) is 0 Å². The summed E-state index contributed by atoms with van der Waals surface area (Å²) in [5.41, 5.74) is 3.31. The number of nitrogens with one attached hydrogen (secondary N) is 1. The fourth-order valence-corrected chi connectivity index (χ4v) is 3.46. The van der Waals surface area contributed by atoms with Crippen LogP contribution in [0.25, 0.3) is 0 Å². The van der Waals surface area contributed by atoms with Crippen LogP contribution in [0.5, 0.6) is 0 Å². The fraction of sp³-hybridized carbons (Fsp3) is 0.700. The molecule has 21 heavy (non-hydrogen) atoms. The van der Waals surface area contributed by atoms with Crippen molar-refractivity contribution in [3.8, 4) is 0 Å². The predicted molar refractivity (Wildman–Crippen MR) is 94.7 cm³/mol. The molecule has 0 aliphatic carbocycles. The van der Waals surface area contributed by atoms with Crippen LogP contribution in [0.3, 0.4) is 0 Å². The average Bonchev–Trinajstić information content (AvgIpc) is 2.24. The van der Waals surface area contributed by atoms with Crippen molar-refractivity contribution < 1.29 is 0 Å². The highest BCUT2D eigenvalue weighted by molar-refractivity contribution is 5.25. The molecule has 1 N–H and O–H groups in total. The minimum Gasteiger partial charge on any atom is -0.305 e. The summed E-state index contributed by atoms with van der Waals surface area (Å²) >= 11 is 0. The largest absolute Gasteiger partial charge is 0.305 e.